The molecule has 6 heteroatoms. The standard InChI is InChI=1S/C22H26N2O4/c1-15(25)20(23-2)13-7-8-14-24-21(26)18-11-5-3-9-16(18)17-10-4-6-12-19(17)22(27)28/h3-6,9-12,20,23H,7-8,13-14H2,1-2H3,(H,24,26)(H,27,28)/t20-/m0/s1. The van der Waals surface area contributed by atoms with Crippen LogP contribution in [0, 0.1) is 0 Å². The number of hydrogen-bond acceptors (Lipinski definition) is 4. The first-order valence-corrected chi connectivity index (χ1v) is 9.33. The van der Waals surface area contributed by atoms with Crippen LogP contribution in [0.3, 0.4) is 0 Å². The number of benzene rings is 2. The maximum atomic E-state index is 12.7. The minimum Gasteiger partial charge on any atom is -0.478 e. The van der Waals surface area contributed by atoms with Gasteiger partial charge >= 0.3 is 5.97 Å². The molecule has 2 aromatic rings. The minimum atomic E-state index is -1.03. The molecule has 2 aromatic carbocycles. The van der Waals surface area contributed by atoms with Gasteiger partial charge in [0.25, 0.3) is 5.91 Å². The quantitative estimate of drug-likeness (QED) is 0.549. The van der Waals surface area contributed by atoms with E-state index in [0.717, 1.165) is 19.3 Å². The number of carboxylic acid groups (broad SMARTS) is 1. The van der Waals surface area contributed by atoms with Crippen molar-refractivity contribution < 1.29 is 19.5 Å². The van der Waals surface area contributed by atoms with E-state index in [1.807, 2.05) is 0 Å². The summed E-state index contributed by atoms with van der Waals surface area (Å²) in [5.74, 6) is -1.17. The number of aromatic carboxylic acids is 1. The van der Waals surface area contributed by atoms with E-state index in [0.29, 0.717) is 23.2 Å². The number of carboxylic acids is 1. The summed E-state index contributed by atoms with van der Waals surface area (Å²) in [6, 6.07) is 13.5. The molecule has 0 spiro atoms. The monoisotopic (exact) mass is 382 g/mol. The van der Waals surface area contributed by atoms with Crippen LogP contribution in [0.15, 0.2) is 48.5 Å². The Morgan fingerprint density at radius 2 is 1.50 bits per heavy atom. The van der Waals surface area contributed by atoms with Gasteiger partial charge in [-0.05, 0) is 56.5 Å². The molecule has 1 atom stereocenters. The zero-order valence-electron chi connectivity index (χ0n) is 16.2. The number of unbranched alkanes of at least 4 members (excludes halogenated alkanes) is 1. The molecule has 0 heterocycles. The lowest BCUT2D eigenvalue weighted by Gasteiger charge is -2.13. The largest absolute Gasteiger partial charge is 0.478 e. The van der Waals surface area contributed by atoms with Crippen LogP contribution in [0.5, 0.6) is 0 Å². The van der Waals surface area contributed by atoms with E-state index in [1.54, 1.807) is 56.4 Å². The molecule has 0 unspecified atom stereocenters. The molecule has 0 bridgehead atoms. The molecule has 0 saturated carbocycles. The van der Waals surface area contributed by atoms with Gasteiger partial charge in [0.1, 0.15) is 5.78 Å². The van der Waals surface area contributed by atoms with Gasteiger partial charge in [-0.1, -0.05) is 36.4 Å². The Hall–Kier alpha value is -2.99. The van der Waals surface area contributed by atoms with Gasteiger partial charge in [0, 0.05) is 12.1 Å². The maximum Gasteiger partial charge on any atom is 0.336 e. The molecule has 148 valence electrons. The fourth-order valence-corrected chi connectivity index (χ4v) is 3.14. The summed E-state index contributed by atoms with van der Waals surface area (Å²) in [7, 11) is 1.76. The van der Waals surface area contributed by atoms with Crippen molar-refractivity contribution in [2.24, 2.45) is 0 Å². The molecule has 28 heavy (non-hydrogen) atoms. The summed E-state index contributed by atoms with van der Waals surface area (Å²) < 4.78 is 0. The average molecular weight is 382 g/mol. The Balaban J connectivity index is 2.04. The van der Waals surface area contributed by atoms with Gasteiger partial charge in [-0.2, -0.15) is 0 Å². The predicted octanol–water partition coefficient (Wildman–Crippen LogP) is 3.13. The Bertz CT molecular complexity index is 848. The van der Waals surface area contributed by atoms with Gasteiger partial charge in [-0.25, -0.2) is 4.79 Å². The maximum absolute atomic E-state index is 12.7. The second-order valence-corrected chi connectivity index (χ2v) is 6.60. The van der Waals surface area contributed by atoms with E-state index in [1.165, 1.54) is 6.07 Å². The molecular weight excluding hydrogens is 356 g/mol. The number of nitrogens with one attached hydrogen (secondary N) is 2. The summed E-state index contributed by atoms with van der Waals surface area (Å²) in [6.07, 6.45) is 2.30. The van der Waals surface area contributed by atoms with Crippen LogP contribution >= 0.6 is 0 Å². The first-order valence-electron chi connectivity index (χ1n) is 9.33. The number of hydrogen-bond donors (Lipinski definition) is 3. The van der Waals surface area contributed by atoms with Gasteiger partial charge in [0.2, 0.25) is 0 Å². The van der Waals surface area contributed by atoms with Gasteiger partial charge in [-0.3, -0.25) is 9.59 Å². The molecule has 0 fully saturated rings. The van der Waals surface area contributed by atoms with E-state index >= 15 is 0 Å². The van der Waals surface area contributed by atoms with Crippen LogP contribution in [-0.2, 0) is 4.79 Å². The van der Waals surface area contributed by atoms with Crippen LogP contribution in [0.4, 0.5) is 0 Å². The van der Waals surface area contributed by atoms with Gasteiger partial charge in [0.05, 0.1) is 11.6 Å². The smallest absolute Gasteiger partial charge is 0.336 e. The average Bonchev–Trinajstić information content (AvgIpc) is 2.70. The lowest BCUT2D eigenvalue weighted by Crippen LogP contribution is -2.32. The predicted molar refractivity (Wildman–Crippen MR) is 109 cm³/mol. The molecule has 3 N–H and O–H groups in total. The molecule has 0 aliphatic rings. The molecular formula is C22H26N2O4. The number of rotatable bonds is 10. The highest BCUT2D eigenvalue weighted by Gasteiger charge is 2.17. The van der Waals surface area contributed by atoms with Crippen LogP contribution in [0.2, 0.25) is 0 Å². The molecule has 6 nitrogen and oxygen atoms in total. The van der Waals surface area contributed by atoms with Gasteiger partial charge in [-0.15, -0.1) is 0 Å². The molecule has 2 rings (SSSR count). The van der Waals surface area contributed by atoms with E-state index in [9.17, 15) is 19.5 Å². The normalized spacial score (nSPS) is 11.6. The summed E-state index contributed by atoms with van der Waals surface area (Å²) in [4.78, 5) is 35.6. The fraction of sp³-hybridized carbons (Fsp3) is 0.318. The second kappa shape index (κ2) is 10.4. The number of carbonyl (C=O) groups is 3. The van der Waals surface area contributed by atoms with E-state index in [-0.39, 0.29) is 23.3 Å². The van der Waals surface area contributed by atoms with Crippen molar-refractivity contribution in [2.75, 3.05) is 13.6 Å². The highest BCUT2D eigenvalue weighted by atomic mass is 16.4. The van der Waals surface area contributed by atoms with Crippen LogP contribution in [-0.4, -0.2) is 42.4 Å². The Labute approximate surface area is 165 Å². The Kier molecular flexibility index (Phi) is 7.89. The van der Waals surface area contributed by atoms with Crippen LogP contribution in [0.25, 0.3) is 11.1 Å². The van der Waals surface area contributed by atoms with Gasteiger partial charge < -0.3 is 15.7 Å². The molecule has 0 aliphatic carbocycles. The number of amides is 1. The zero-order chi connectivity index (χ0) is 20.5. The van der Waals surface area contributed by atoms with E-state index < -0.39 is 5.97 Å². The third kappa shape index (κ3) is 5.50. The van der Waals surface area contributed by atoms with Crippen molar-refractivity contribution in [3.05, 3.63) is 59.7 Å². The van der Waals surface area contributed by atoms with E-state index in [2.05, 4.69) is 10.6 Å². The molecule has 1 amide bonds. The first-order chi connectivity index (χ1) is 13.5. The van der Waals surface area contributed by atoms with Crippen molar-refractivity contribution in [2.45, 2.75) is 32.2 Å². The topological polar surface area (TPSA) is 95.5 Å². The first kappa shape index (κ1) is 21.3. The second-order valence-electron chi connectivity index (χ2n) is 6.60. The fourth-order valence-electron chi connectivity index (χ4n) is 3.14. The molecule has 0 saturated heterocycles. The lowest BCUT2D eigenvalue weighted by molar-refractivity contribution is -0.119. The van der Waals surface area contributed by atoms with Crippen molar-refractivity contribution in [3.63, 3.8) is 0 Å². The number of carbonyl (C=O) groups excluding carboxylic acids is 2. The highest BCUT2D eigenvalue weighted by molar-refractivity contribution is 6.04. The van der Waals surface area contributed by atoms with Gasteiger partial charge in [0.15, 0.2) is 0 Å². The molecule has 0 radical (unpaired) electrons. The van der Waals surface area contributed by atoms with Crippen molar-refractivity contribution in [1.82, 2.24) is 10.6 Å². The van der Waals surface area contributed by atoms with E-state index in [4.69, 9.17) is 0 Å². The number of ketones is 1. The molecule has 0 aliphatic heterocycles. The van der Waals surface area contributed by atoms with Crippen molar-refractivity contribution in [3.8, 4) is 11.1 Å². The van der Waals surface area contributed by atoms with Crippen LogP contribution in [0.1, 0.15) is 46.9 Å². The summed E-state index contributed by atoms with van der Waals surface area (Å²) in [5.41, 5.74) is 1.70. The highest BCUT2D eigenvalue weighted by Crippen LogP contribution is 2.27. The summed E-state index contributed by atoms with van der Waals surface area (Å²) in [6.45, 7) is 2.05. The minimum absolute atomic E-state index is 0.109. The van der Waals surface area contributed by atoms with Crippen LogP contribution < -0.4 is 10.6 Å². The molecule has 0 aromatic heterocycles. The Morgan fingerprint density at radius 3 is 2.07 bits per heavy atom. The number of Topliss-reactive ketones (excluding diaryl/α,β-unsaturated/α-hetero) is 1. The zero-order valence-corrected chi connectivity index (χ0v) is 16.2. The Morgan fingerprint density at radius 1 is 0.929 bits per heavy atom. The third-order valence-electron chi connectivity index (χ3n) is 4.66. The lowest BCUT2D eigenvalue weighted by atomic mass is 9.95. The summed E-state index contributed by atoms with van der Waals surface area (Å²) >= 11 is 0. The number of likely N-dealkylation sites (N-methyl/N-ethyl adjacent to an activating group) is 1. The van der Waals surface area contributed by atoms with Crippen molar-refractivity contribution >= 4 is 17.7 Å². The SMILES string of the molecule is CN[C@@H](CCCCNC(=O)c1ccccc1-c1ccccc1C(=O)O)C(C)=O. The summed E-state index contributed by atoms with van der Waals surface area (Å²) in [5, 5.41) is 15.3. The third-order valence-corrected chi connectivity index (χ3v) is 4.66. The van der Waals surface area contributed by atoms with Crippen molar-refractivity contribution in [1.29, 1.82) is 0 Å².